The zero-order chi connectivity index (χ0) is 25.4. The fourth-order valence-electron chi connectivity index (χ4n) is 5.47. The van der Waals surface area contributed by atoms with Crippen LogP contribution in [-0.4, -0.2) is 28.1 Å². The van der Waals surface area contributed by atoms with E-state index in [2.05, 4.69) is 40.3 Å². The van der Waals surface area contributed by atoms with Gasteiger partial charge in [0.1, 0.15) is 5.00 Å². The van der Waals surface area contributed by atoms with Gasteiger partial charge in [-0.25, -0.2) is 9.59 Å². The number of fused-ring (bicyclic) bond motifs is 5. The van der Waals surface area contributed by atoms with Crippen LogP contribution in [0.4, 0.5) is 10.5 Å². The van der Waals surface area contributed by atoms with Crippen LogP contribution in [-0.2, 0) is 24.1 Å². The first kappa shape index (κ1) is 23.6. The number of nitrogens with one attached hydrogen (secondary N) is 1. The SMILES string of the molecule is CCOC(=O)c1ccc(NC(=O)N2Cc3c(sc4c3CCCC4)-n3cccc3[C@@H]2c2ccccc2)cc1. The van der Waals surface area contributed by atoms with Gasteiger partial charge in [0.2, 0.25) is 0 Å². The number of hydrogen-bond acceptors (Lipinski definition) is 4. The monoisotopic (exact) mass is 511 g/mol. The summed E-state index contributed by atoms with van der Waals surface area (Å²) in [6.45, 7) is 2.64. The molecule has 2 amide bonds. The number of urea groups is 1. The van der Waals surface area contributed by atoms with Crippen molar-refractivity contribution in [1.29, 1.82) is 0 Å². The Labute approximate surface area is 220 Å². The van der Waals surface area contributed by atoms with Crippen LogP contribution >= 0.6 is 11.3 Å². The molecule has 0 saturated carbocycles. The number of thiophene rings is 1. The predicted octanol–water partition coefficient (Wildman–Crippen LogP) is 6.73. The van der Waals surface area contributed by atoms with Crippen molar-refractivity contribution in [3.63, 3.8) is 0 Å². The summed E-state index contributed by atoms with van der Waals surface area (Å²) in [5.41, 5.74) is 5.94. The highest BCUT2D eigenvalue weighted by Gasteiger charge is 2.36. The molecule has 0 bridgehead atoms. The topological polar surface area (TPSA) is 63.6 Å². The summed E-state index contributed by atoms with van der Waals surface area (Å²) >= 11 is 1.88. The number of hydrogen-bond donors (Lipinski definition) is 1. The van der Waals surface area contributed by atoms with Crippen molar-refractivity contribution in [2.45, 2.75) is 45.2 Å². The number of aromatic nitrogens is 1. The number of rotatable bonds is 4. The molecule has 2 aliphatic rings. The van der Waals surface area contributed by atoms with Gasteiger partial charge in [-0.3, -0.25) is 0 Å². The average Bonchev–Trinajstić information content (AvgIpc) is 3.51. The summed E-state index contributed by atoms with van der Waals surface area (Å²) in [6.07, 6.45) is 6.73. The number of ether oxygens (including phenoxy) is 1. The Bertz CT molecular complexity index is 1440. The first-order valence-corrected chi connectivity index (χ1v) is 13.7. The molecule has 7 heteroatoms. The summed E-state index contributed by atoms with van der Waals surface area (Å²) in [6, 6.07) is 20.9. The number of carbonyl (C=O) groups is 2. The minimum Gasteiger partial charge on any atom is -0.462 e. The van der Waals surface area contributed by atoms with Crippen molar-refractivity contribution >= 4 is 29.0 Å². The molecule has 1 atom stereocenters. The number of nitrogens with zero attached hydrogens (tertiary/aromatic N) is 2. The number of benzene rings is 2. The van der Waals surface area contributed by atoms with E-state index in [9.17, 15) is 9.59 Å². The highest BCUT2D eigenvalue weighted by atomic mass is 32.1. The van der Waals surface area contributed by atoms with Crippen LogP contribution in [0.3, 0.4) is 0 Å². The minimum absolute atomic E-state index is 0.172. The van der Waals surface area contributed by atoms with E-state index >= 15 is 0 Å². The van der Waals surface area contributed by atoms with Gasteiger partial charge in [-0.2, -0.15) is 0 Å². The highest BCUT2D eigenvalue weighted by molar-refractivity contribution is 7.15. The van der Waals surface area contributed by atoms with Crippen LogP contribution in [0.25, 0.3) is 5.00 Å². The minimum atomic E-state index is -0.368. The maximum atomic E-state index is 14.0. The molecule has 1 aliphatic heterocycles. The largest absolute Gasteiger partial charge is 0.462 e. The van der Waals surface area contributed by atoms with Crippen LogP contribution in [0, 0.1) is 0 Å². The highest BCUT2D eigenvalue weighted by Crippen LogP contribution is 2.44. The Morgan fingerprint density at radius 2 is 1.76 bits per heavy atom. The first-order chi connectivity index (χ1) is 18.1. The van der Waals surface area contributed by atoms with Crippen LogP contribution in [0.1, 0.15) is 63.4 Å². The normalized spacial score (nSPS) is 16.2. The molecule has 6 nitrogen and oxygen atoms in total. The molecule has 0 radical (unpaired) electrons. The van der Waals surface area contributed by atoms with Gasteiger partial charge in [0.25, 0.3) is 0 Å². The van der Waals surface area contributed by atoms with E-state index in [1.165, 1.54) is 33.8 Å². The Kier molecular flexibility index (Phi) is 6.30. The lowest BCUT2D eigenvalue weighted by Gasteiger charge is -2.31. The second-order valence-corrected chi connectivity index (χ2v) is 10.6. The molecular formula is C30H29N3O3S. The maximum Gasteiger partial charge on any atom is 0.338 e. The lowest BCUT2D eigenvalue weighted by molar-refractivity contribution is 0.0526. The quantitative estimate of drug-likeness (QED) is 0.309. The Morgan fingerprint density at radius 3 is 2.54 bits per heavy atom. The first-order valence-electron chi connectivity index (χ1n) is 12.8. The number of esters is 1. The Balaban J connectivity index is 1.39. The molecule has 0 spiro atoms. The van der Waals surface area contributed by atoms with Crippen molar-refractivity contribution in [3.8, 4) is 5.00 Å². The zero-order valence-electron chi connectivity index (χ0n) is 20.8. The van der Waals surface area contributed by atoms with Crippen molar-refractivity contribution < 1.29 is 14.3 Å². The van der Waals surface area contributed by atoms with Crippen LogP contribution in [0.5, 0.6) is 0 Å². The smallest absolute Gasteiger partial charge is 0.338 e. The second-order valence-electron chi connectivity index (χ2n) is 9.47. The summed E-state index contributed by atoms with van der Waals surface area (Å²) in [5, 5.41) is 4.33. The lowest BCUT2D eigenvalue weighted by atomic mass is 9.95. The maximum absolute atomic E-state index is 14.0. The molecule has 188 valence electrons. The molecule has 3 heterocycles. The van der Waals surface area contributed by atoms with E-state index in [0.29, 0.717) is 24.4 Å². The van der Waals surface area contributed by atoms with Crippen LogP contribution in [0.2, 0.25) is 0 Å². The second kappa shape index (κ2) is 9.90. The van der Waals surface area contributed by atoms with Gasteiger partial charge in [-0.15, -0.1) is 11.3 Å². The summed E-state index contributed by atoms with van der Waals surface area (Å²) in [5.74, 6) is -0.368. The molecule has 37 heavy (non-hydrogen) atoms. The summed E-state index contributed by atoms with van der Waals surface area (Å²) in [4.78, 5) is 29.4. The fraction of sp³-hybridized carbons (Fsp3) is 0.267. The molecule has 0 fully saturated rings. The third-order valence-electron chi connectivity index (χ3n) is 7.20. The van der Waals surface area contributed by atoms with Crippen LogP contribution < -0.4 is 5.32 Å². The third kappa shape index (κ3) is 4.33. The average molecular weight is 512 g/mol. The Hall–Kier alpha value is -3.84. The molecule has 0 unspecified atom stereocenters. The van der Waals surface area contributed by atoms with Gasteiger partial charge in [0, 0.05) is 22.3 Å². The molecule has 6 rings (SSSR count). The fourth-order valence-corrected chi connectivity index (χ4v) is 6.88. The lowest BCUT2D eigenvalue weighted by Crippen LogP contribution is -2.38. The van der Waals surface area contributed by atoms with E-state index < -0.39 is 0 Å². The molecule has 2 aromatic heterocycles. The van der Waals surface area contributed by atoms with Gasteiger partial charge < -0.3 is 19.5 Å². The number of amides is 2. The van der Waals surface area contributed by atoms with Crippen molar-refractivity contribution in [3.05, 3.63) is 106 Å². The van der Waals surface area contributed by atoms with Gasteiger partial charge in [-0.1, -0.05) is 30.3 Å². The zero-order valence-corrected chi connectivity index (χ0v) is 21.6. The van der Waals surface area contributed by atoms with E-state index in [4.69, 9.17) is 4.74 Å². The van der Waals surface area contributed by atoms with E-state index in [1.54, 1.807) is 31.2 Å². The van der Waals surface area contributed by atoms with E-state index in [0.717, 1.165) is 24.1 Å². The van der Waals surface area contributed by atoms with Gasteiger partial charge >= 0.3 is 12.0 Å². The number of anilines is 1. The number of carbonyl (C=O) groups excluding carboxylic acids is 2. The number of aryl methyl sites for hydroxylation is 1. The van der Waals surface area contributed by atoms with Gasteiger partial charge in [0.15, 0.2) is 0 Å². The third-order valence-corrected chi connectivity index (χ3v) is 8.54. The predicted molar refractivity (Wildman–Crippen MR) is 146 cm³/mol. The Morgan fingerprint density at radius 1 is 0.973 bits per heavy atom. The van der Waals surface area contributed by atoms with E-state index in [1.807, 2.05) is 34.4 Å². The van der Waals surface area contributed by atoms with Crippen LogP contribution in [0.15, 0.2) is 72.9 Å². The van der Waals surface area contributed by atoms with Crippen molar-refractivity contribution in [2.75, 3.05) is 11.9 Å². The molecule has 1 aliphatic carbocycles. The standard InChI is InChI=1S/C30H29N3O3S/c1-2-36-29(34)21-14-16-22(17-15-21)31-30(35)33-19-24-23-11-6-7-13-26(23)37-28(24)32-18-8-12-25(32)27(33)20-9-4-3-5-10-20/h3-5,8-10,12,14-18,27H,2,6-7,11,13,19H2,1H3,(H,31,35)/t27-/m0/s1. The molecule has 0 saturated heterocycles. The molecular weight excluding hydrogens is 482 g/mol. The summed E-state index contributed by atoms with van der Waals surface area (Å²) < 4.78 is 7.37. The molecule has 4 aromatic rings. The van der Waals surface area contributed by atoms with Crippen molar-refractivity contribution in [2.24, 2.45) is 0 Å². The summed E-state index contributed by atoms with van der Waals surface area (Å²) in [7, 11) is 0. The molecule has 2 aromatic carbocycles. The van der Waals surface area contributed by atoms with Gasteiger partial charge in [-0.05, 0) is 80.1 Å². The van der Waals surface area contributed by atoms with Gasteiger partial charge in [0.05, 0.1) is 30.5 Å². The van der Waals surface area contributed by atoms with E-state index in [-0.39, 0.29) is 18.0 Å². The molecule has 1 N–H and O–H groups in total. The van der Waals surface area contributed by atoms with Crippen molar-refractivity contribution in [1.82, 2.24) is 9.47 Å².